The Labute approximate surface area is 83.8 Å². The van der Waals surface area contributed by atoms with E-state index in [0.29, 0.717) is 6.04 Å². The van der Waals surface area contributed by atoms with Crippen LogP contribution in [0.1, 0.15) is 18.0 Å². The molecule has 1 atom stereocenters. The minimum atomic E-state index is 0.597. The molecule has 1 nitrogen and oxygen atoms in total. The second-order valence-corrected chi connectivity index (χ2v) is 3.90. The molecule has 0 aliphatic carbocycles. The monoisotopic (exact) mass is 183 g/mol. The summed E-state index contributed by atoms with van der Waals surface area (Å²) in [7, 11) is 0. The molecule has 1 saturated heterocycles. The Morgan fingerprint density at radius 2 is 1.79 bits per heavy atom. The van der Waals surface area contributed by atoms with Gasteiger partial charge in [-0.15, -0.1) is 0 Å². The summed E-state index contributed by atoms with van der Waals surface area (Å²) in [6.45, 7) is 1.16. The van der Waals surface area contributed by atoms with Gasteiger partial charge in [0.15, 0.2) is 0 Å². The smallest absolute Gasteiger partial charge is 0.0332 e. The molecule has 0 aromatic heterocycles. The van der Waals surface area contributed by atoms with E-state index >= 15 is 0 Å². The van der Waals surface area contributed by atoms with Crippen molar-refractivity contribution in [2.24, 2.45) is 0 Å². The van der Waals surface area contributed by atoms with Crippen molar-refractivity contribution < 1.29 is 0 Å². The molecule has 2 aromatic carbocycles. The molecule has 1 heterocycles. The van der Waals surface area contributed by atoms with Crippen molar-refractivity contribution in [2.75, 3.05) is 6.54 Å². The van der Waals surface area contributed by atoms with Crippen LogP contribution in [0, 0.1) is 0 Å². The highest BCUT2D eigenvalue weighted by Crippen LogP contribution is 2.25. The maximum absolute atomic E-state index is 3.43. The van der Waals surface area contributed by atoms with Crippen molar-refractivity contribution in [3.63, 3.8) is 0 Å². The first-order chi connectivity index (χ1) is 6.93. The van der Waals surface area contributed by atoms with Crippen LogP contribution in [0.4, 0.5) is 0 Å². The number of nitrogens with one attached hydrogen (secondary N) is 1. The van der Waals surface area contributed by atoms with Gasteiger partial charge in [0, 0.05) is 6.04 Å². The van der Waals surface area contributed by atoms with Crippen LogP contribution >= 0.6 is 0 Å². The topological polar surface area (TPSA) is 12.0 Å². The Hall–Kier alpha value is -1.34. The molecule has 0 saturated carbocycles. The minimum Gasteiger partial charge on any atom is -0.310 e. The minimum absolute atomic E-state index is 0.597. The highest BCUT2D eigenvalue weighted by Gasteiger charge is 2.17. The summed E-state index contributed by atoms with van der Waals surface area (Å²) in [6, 6.07) is 15.9. The van der Waals surface area contributed by atoms with Crippen LogP contribution in [-0.4, -0.2) is 6.54 Å². The molecule has 1 aliphatic heterocycles. The quantitative estimate of drug-likeness (QED) is 0.716. The number of rotatable bonds is 1. The van der Waals surface area contributed by atoms with Crippen molar-refractivity contribution in [3.05, 3.63) is 48.0 Å². The van der Waals surface area contributed by atoms with E-state index in [1.54, 1.807) is 0 Å². The van der Waals surface area contributed by atoms with Gasteiger partial charge in [-0.3, -0.25) is 0 Å². The lowest BCUT2D eigenvalue weighted by Crippen LogP contribution is -2.34. The Balaban J connectivity index is 2.10. The fourth-order valence-electron chi connectivity index (χ4n) is 2.00. The Morgan fingerprint density at radius 1 is 1.00 bits per heavy atom. The molecule has 0 bridgehead atoms. The molecule has 2 aromatic rings. The van der Waals surface area contributed by atoms with Crippen molar-refractivity contribution in [2.45, 2.75) is 12.5 Å². The van der Waals surface area contributed by atoms with Crippen LogP contribution in [0.25, 0.3) is 10.8 Å². The molecule has 0 amide bonds. The number of benzene rings is 2. The zero-order valence-corrected chi connectivity index (χ0v) is 8.03. The summed E-state index contributed by atoms with van der Waals surface area (Å²) in [4.78, 5) is 0. The van der Waals surface area contributed by atoms with Gasteiger partial charge in [0.05, 0.1) is 0 Å². The van der Waals surface area contributed by atoms with E-state index in [0.717, 1.165) is 6.54 Å². The van der Waals surface area contributed by atoms with Gasteiger partial charge in [0.25, 0.3) is 0 Å². The van der Waals surface area contributed by atoms with Gasteiger partial charge in [-0.25, -0.2) is 0 Å². The van der Waals surface area contributed by atoms with E-state index in [9.17, 15) is 0 Å². The molecule has 1 heteroatoms. The van der Waals surface area contributed by atoms with Gasteiger partial charge in [-0.1, -0.05) is 36.4 Å². The van der Waals surface area contributed by atoms with E-state index in [-0.39, 0.29) is 0 Å². The fraction of sp³-hybridized carbons (Fsp3) is 0.231. The third-order valence-electron chi connectivity index (χ3n) is 3.00. The maximum atomic E-state index is 3.43. The van der Waals surface area contributed by atoms with Crippen LogP contribution < -0.4 is 5.32 Å². The Bertz CT molecular complexity index is 457. The van der Waals surface area contributed by atoms with Crippen LogP contribution in [0.3, 0.4) is 0 Å². The molecular weight excluding hydrogens is 170 g/mol. The molecule has 1 aliphatic rings. The van der Waals surface area contributed by atoms with Crippen LogP contribution in [-0.2, 0) is 0 Å². The first-order valence-electron chi connectivity index (χ1n) is 5.15. The molecule has 0 radical (unpaired) electrons. The SMILES string of the molecule is c1ccc2cc([C@H]3CCN3)ccc2c1. The summed E-state index contributed by atoms with van der Waals surface area (Å²) < 4.78 is 0. The highest BCUT2D eigenvalue weighted by atomic mass is 15.0. The predicted octanol–water partition coefficient (Wildman–Crippen LogP) is 2.87. The first-order valence-corrected chi connectivity index (χ1v) is 5.15. The van der Waals surface area contributed by atoms with E-state index in [2.05, 4.69) is 47.8 Å². The highest BCUT2D eigenvalue weighted by molar-refractivity contribution is 5.83. The normalized spacial score (nSPS) is 20.7. The van der Waals surface area contributed by atoms with Gasteiger partial charge in [0.1, 0.15) is 0 Å². The largest absolute Gasteiger partial charge is 0.310 e. The summed E-state index contributed by atoms with van der Waals surface area (Å²) >= 11 is 0. The first kappa shape index (κ1) is 8.01. The van der Waals surface area contributed by atoms with Gasteiger partial charge in [-0.05, 0) is 35.4 Å². The molecule has 3 rings (SSSR count). The Kier molecular flexibility index (Phi) is 1.78. The van der Waals surface area contributed by atoms with Crippen molar-refractivity contribution in [1.82, 2.24) is 5.32 Å². The lowest BCUT2D eigenvalue weighted by atomic mass is 9.96. The van der Waals surface area contributed by atoms with E-state index < -0.39 is 0 Å². The Morgan fingerprint density at radius 3 is 2.50 bits per heavy atom. The molecular formula is C13H13N. The second kappa shape index (κ2) is 3.10. The van der Waals surface area contributed by atoms with E-state index in [1.807, 2.05) is 0 Å². The number of hydrogen-bond acceptors (Lipinski definition) is 1. The molecule has 0 unspecified atom stereocenters. The van der Waals surface area contributed by atoms with Crippen molar-refractivity contribution >= 4 is 10.8 Å². The predicted molar refractivity (Wildman–Crippen MR) is 59.3 cm³/mol. The third-order valence-corrected chi connectivity index (χ3v) is 3.00. The van der Waals surface area contributed by atoms with E-state index in [1.165, 1.54) is 22.8 Å². The maximum Gasteiger partial charge on any atom is 0.0332 e. The summed E-state index contributed by atoms with van der Waals surface area (Å²) in [5, 5.41) is 6.10. The third kappa shape index (κ3) is 1.21. The molecule has 1 N–H and O–H groups in total. The van der Waals surface area contributed by atoms with Gasteiger partial charge in [-0.2, -0.15) is 0 Å². The van der Waals surface area contributed by atoms with E-state index in [4.69, 9.17) is 0 Å². The lowest BCUT2D eigenvalue weighted by molar-refractivity contribution is 0.383. The molecule has 0 spiro atoms. The second-order valence-electron chi connectivity index (χ2n) is 3.90. The van der Waals surface area contributed by atoms with Crippen LogP contribution in [0.15, 0.2) is 42.5 Å². The van der Waals surface area contributed by atoms with Crippen LogP contribution in [0.2, 0.25) is 0 Å². The number of fused-ring (bicyclic) bond motifs is 1. The van der Waals surface area contributed by atoms with Crippen molar-refractivity contribution in [1.29, 1.82) is 0 Å². The summed E-state index contributed by atoms with van der Waals surface area (Å²) in [5.74, 6) is 0. The van der Waals surface area contributed by atoms with Gasteiger partial charge in [0.2, 0.25) is 0 Å². The average Bonchev–Trinajstić information content (AvgIpc) is 2.15. The van der Waals surface area contributed by atoms with Crippen molar-refractivity contribution in [3.8, 4) is 0 Å². The zero-order valence-electron chi connectivity index (χ0n) is 8.03. The molecule has 14 heavy (non-hydrogen) atoms. The molecule has 70 valence electrons. The van der Waals surface area contributed by atoms with Gasteiger partial charge < -0.3 is 5.32 Å². The number of hydrogen-bond donors (Lipinski definition) is 1. The van der Waals surface area contributed by atoms with Crippen LogP contribution in [0.5, 0.6) is 0 Å². The fourth-order valence-corrected chi connectivity index (χ4v) is 2.00. The van der Waals surface area contributed by atoms with Gasteiger partial charge >= 0.3 is 0 Å². The standard InChI is InChI=1S/C13H13N/c1-2-4-11-9-12(13-7-8-14-13)6-5-10(11)3-1/h1-6,9,13-14H,7-8H2/t13-/m1/s1. The zero-order chi connectivity index (χ0) is 9.38. The summed E-state index contributed by atoms with van der Waals surface area (Å²) in [6.07, 6.45) is 1.28. The lowest BCUT2D eigenvalue weighted by Gasteiger charge is -2.28. The average molecular weight is 183 g/mol. The summed E-state index contributed by atoms with van der Waals surface area (Å²) in [5.41, 5.74) is 1.43. The molecule has 1 fully saturated rings.